The molecule has 6 heteroatoms. The average Bonchev–Trinajstić information content (AvgIpc) is 2.95. The minimum absolute atomic E-state index is 0.0170. The normalized spacial score (nSPS) is 47.9. The van der Waals surface area contributed by atoms with E-state index >= 15 is 0 Å². The summed E-state index contributed by atoms with van der Waals surface area (Å²) >= 11 is 0. The molecule has 2 bridgehead atoms. The Morgan fingerprint density at radius 1 is 1.15 bits per heavy atom. The molecule has 1 aliphatic heterocycles. The summed E-state index contributed by atoms with van der Waals surface area (Å²) in [7, 11) is -2.20. The molecule has 0 aromatic heterocycles. The molecular weight excluding hydrogens is 432 g/mol. The van der Waals surface area contributed by atoms with Crippen molar-refractivity contribution in [2.24, 2.45) is 40.4 Å². The van der Waals surface area contributed by atoms with Gasteiger partial charge in [-0.3, -0.25) is 4.79 Å². The van der Waals surface area contributed by atoms with Crippen LogP contribution in [0.15, 0.2) is 11.6 Å². The molecule has 1 saturated heterocycles. The second kappa shape index (κ2) is 6.54. The van der Waals surface area contributed by atoms with E-state index in [-0.39, 0.29) is 40.1 Å². The van der Waals surface area contributed by atoms with E-state index in [1.165, 1.54) is 0 Å². The number of rotatable bonds is 2. The molecule has 33 heavy (non-hydrogen) atoms. The Labute approximate surface area is 200 Å². The number of hydrogen-bond acceptors (Lipinski definition) is 5. The molecule has 184 valence electrons. The van der Waals surface area contributed by atoms with E-state index in [9.17, 15) is 9.59 Å². The van der Waals surface area contributed by atoms with E-state index < -0.39 is 31.6 Å². The van der Waals surface area contributed by atoms with Crippen molar-refractivity contribution in [3.05, 3.63) is 11.6 Å². The van der Waals surface area contributed by atoms with Crippen molar-refractivity contribution in [2.75, 3.05) is 0 Å². The SMILES string of the molecule is CC1=CC23C(=O)C([C@H]4C(C[C@H]2C)C4(C)C)[C@H](O[Si](C)(C)C(C)(C)C)[C@H](C)[C@H]2OC(=O)OC23C1. The second-order valence-corrected chi connectivity index (χ2v) is 18.8. The van der Waals surface area contributed by atoms with Crippen LogP contribution in [-0.2, 0) is 18.7 Å². The maximum Gasteiger partial charge on any atom is 0.509 e. The fraction of sp³-hybridized carbons (Fsp3) is 0.852. The van der Waals surface area contributed by atoms with Gasteiger partial charge in [0.15, 0.2) is 25.8 Å². The van der Waals surface area contributed by atoms with Crippen LogP contribution in [0.2, 0.25) is 18.1 Å². The lowest BCUT2D eigenvalue weighted by Crippen LogP contribution is -2.59. The summed E-state index contributed by atoms with van der Waals surface area (Å²) < 4.78 is 19.3. The van der Waals surface area contributed by atoms with Crippen LogP contribution in [0.5, 0.6) is 0 Å². The number of carbonyl (C=O) groups excluding carboxylic acids is 2. The first kappa shape index (κ1) is 23.6. The van der Waals surface area contributed by atoms with Gasteiger partial charge in [-0.15, -0.1) is 0 Å². The smallest absolute Gasteiger partial charge is 0.426 e. The Balaban J connectivity index is 1.73. The van der Waals surface area contributed by atoms with Crippen LogP contribution < -0.4 is 0 Å². The van der Waals surface area contributed by atoms with Gasteiger partial charge < -0.3 is 13.9 Å². The van der Waals surface area contributed by atoms with Crippen LogP contribution in [-0.4, -0.2) is 38.1 Å². The Morgan fingerprint density at radius 3 is 2.39 bits per heavy atom. The maximum atomic E-state index is 14.9. The van der Waals surface area contributed by atoms with E-state index in [2.05, 4.69) is 74.6 Å². The van der Waals surface area contributed by atoms with Gasteiger partial charge in [0.25, 0.3) is 0 Å². The number of ether oxygens (including phenoxy) is 2. The molecule has 0 N–H and O–H groups in total. The lowest BCUT2D eigenvalue weighted by molar-refractivity contribution is -0.148. The molecule has 3 saturated carbocycles. The largest absolute Gasteiger partial charge is 0.509 e. The van der Waals surface area contributed by atoms with Gasteiger partial charge in [0.2, 0.25) is 0 Å². The topological polar surface area (TPSA) is 61.8 Å². The first-order valence-corrected chi connectivity index (χ1v) is 15.7. The van der Waals surface area contributed by atoms with Crippen molar-refractivity contribution >= 4 is 20.3 Å². The predicted octanol–water partition coefficient (Wildman–Crippen LogP) is 6.13. The Kier molecular flexibility index (Phi) is 4.67. The highest BCUT2D eigenvalue weighted by atomic mass is 28.4. The van der Waals surface area contributed by atoms with Gasteiger partial charge >= 0.3 is 6.16 Å². The third-order valence-electron chi connectivity index (χ3n) is 10.9. The molecule has 0 aromatic carbocycles. The number of fused-ring (bicyclic) bond motifs is 3. The first-order chi connectivity index (χ1) is 15.0. The summed E-state index contributed by atoms with van der Waals surface area (Å²) in [4.78, 5) is 27.6. The standard InChI is InChI=1S/C27H42O5Si/c1-14-12-26-15(2)11-17-19(25(17,7)8)18(21(26)28)20(32-33(9,10)24(4,5)6)16(3)22-27(26,13-14)31-23(29)30-22/h12,15-20,22H,11,13H2,1-10H3/t15-,16+,17?,18?,19-,20-,22-,26?,27?/m1/s1. The van der Waals surface area contributed by atoms with Crippen LogP contribution in [0.4, 0.5) is 4.79 Å². The zero-order valence-electron chi connectivity index (χ0n) is 22.1. The molecule has 5 nitrogen and oxygen atoms in total. The quantitative estimate of drug-likeness (QED) is 0.273. The lowest BCUT2D eigenvalue weighted by Gasteiger charge is -2.45. The van der Waals surface area contributed by atoms with Crippen LogP contribution in [0.25, 0.3) is 0 Å². The Bertz CT molecular complexity index is 945. The van der Waals surface area contributed by atoms with E-state index in [1.54, 1.807) is 0 Å². The second-order valence-electron chi connectivity index (χ2n) is 14.0. The molecule has 5 aliphatic rings. The number of Topliss-reactive ketones (excluding diaryl/α,β-unsaturated/α-hetero) is 1. The van der Waals surface area contributed by atoms with Crippen LogP contribution >= 0.6 is 0 Å². The van der Waals surface area contributed by atoms with Crippen LogP contribution in [0, 0.1) is 40.4 Å². The van der Waals surface area contributed by atoms with E-state index in [1.807, 2.05) is 0 Å². The van der Waals surface area contributed by atoms with Crippen LogP contribution in [0.3, 0.4) is 0 Å². The third kappa shape index (κ3) is 2.74. The van der Waals surface area contributed by atoms with Crippen molar-refractivity contribution in [1.82, 2.24) is 0 Å². The lowest BCUT2D eigenvalue weighted by atomic mass is 9.59. The van der Waals surface area contributed by atoms with Crippen molar-refractivity contribution < 1.29 is 23.5 Å². The summed E-state index contributed by atoms with van der Waals surface area (Å²) in [5, 5.41) is 0.0170. The summed E-state index contributed by atoms with van der Waals surface area (Å²) in [6.45, 7) is 22.3. The number of ketones is 1. The van der Waals surface area contributed by atoms with Crippen molar-refractivity contribution in [1.29, 1.82) is 0 Å². The molecule has 4 fully saturated rings. The maximum absolute atomic E-state index is 14.9. The molecule has 4 aliphatic carbocycles. The number of hydrogen-bond donors (Lipinski definition) is 0. The molecule has 5 rings (SSSR count). The fourth-order valence-electron chi connectivity index (χ4n) is 8.13. The molecule has 2 spiro atoms. The predicted molar refractivity (Wildman–Crippen MR) is 129 cm³/mol. The molecule has 0 amide bonds. The van der Waals surface area contributed by atoms with Gasteiger partial charge in [-0.2, -0.15) is 0 Å². The molecule has 4 unspecified atom stereocenters. The Hall–Kier alpha value is -1.14. The minimum Gasteiger partial charge on any atom is -0.426 e. The molecule has 0 aromatic rings. The monoisotopic (exact) mass is 474 g/mol. The van der Waals surface area contributed by atoms with Gasteiger partial charge in [0, 0.05) is 18.3 Å². The van der Waals surface area contributed by atoms with Crippen LogP contribution in [0.1, 0.15) is 68.2 Å². The molecule has 0 radical (unpaired) electrons. The molecule has 9 atom stereocenters. The van der Waals surface area contributed by atoms with Crippen molar-refractivity contribution in [3.8, 4) is 0 Å². The fourth-order valence-corrected chi connectivity index (χ4v) is 9.52. The van der Waals surface area contributed by atoms with Gasteiger partial charge in [-0.25, -0.2) is 4.79 Å². The van der Waals surface area contributed by atoms with E-state index in [0.29, 0.717) is 18.3 Å². The zero-order chi connectivity index (χ0) is 24.5. The van der Waals surface area contributed by atoms with Gasteiger partial charge in [0.05, 0.1) is 11.5 Å². The van der Waals surface area contributed by atoms with Gasteiger partial charge in [0.1, 0.15) is 0 Å². The Morgan fingerprint density at radius 2 is 1.79 bits per heavy atom. The van der Waals surface area contributed by atoms with Gasteiger partial charge in [-0.05, 0) is 54.6 Å². The van der Waals surface area contributed by atoms with Gasteiger partial charge in [-0.1, -0.05) is 60.1 Å². The summed E-state index contributed by atoms with van der Waals surface area (Å²) in [6.07, 6.45) is 2.32. The molecule has 1 heterocycles. The minimum atomic E-state index is -2.20. The number of carbonyl (C=O) groups is 2. The third-order valence-corrected chi connectivity index (χ3v) is 15.3. The average molecular weight is 475 g/mol. The first-order valence-electron chi connectivity index (χ1n) is 12.8. The highest BCUT2D eigenvalue weighted by molar-refractivity contribution is 6.74. The summed E-state index contributed by atoms with van der Waals surface area (Å²) in [5.74, 6) is 0.775. The molecular formula is C27H42O5Si. The highest BCUT2D eigenvalue weighted by Gasteiger charge is 2.80. The van der Waals surface area contributed by atoms with E-state index in [4.69, 9.17) is 13.9 Å². The highest BCUT2D eigenvalue weighted by Crippen LogP contribution is 2.74. The summed E-state index contributed by atoms with van der Waals surface area (Å²) in [5.41, 5.74) is -0.536. The van der Waals surface area contributed by atoms with Crippen molar-refractivity contribution in [2.45, 2.75) is 104 Å². The van der Waals surface area contributed by atoms with Crippen molar-refractivity contribution in [3.63, 3.8) is 0 Å². The van der Waals surface area contributed by atoms with E-state index in [0.717, 1.165) is 12.0 Å². The summed E-state index contributed by atoms with van der Waals surface area (Å²) in [6, 6.07) is 0. The zero-order valence-corrected chi connectivity index (χ0v) is 23.1.